The Morgan fingerprint density at radius 2 is 2.18 bits per heavy atom. The molecule has 1 N–H and O–H groups in total. The summed E-state index contributed by atoms with van der Waals surface area (Å²) in [5, 5.41) is 11.6. The van der Waals surface area contributed by atoms with E-state index in [-0.39, 0.29) is 6.10 Å². The van der Waals surface area contributed by atoms with Gasteiger partial charge in [-0.15, -0.1) is 11.3 Å². The first-order chi connectivity index (χ1) is 5.16. The zero-order valence-corrected chi connectivity index (χ0v) is 8.03. The fourth-order valence-corrected chi connectivity index (χ4v) is 2.18. The number of thiophene rings is 1. The Bertz CT molecular complexity index is 240. The van der Waals surface area contributed by atoms with Gasteiger partial charge in [-0.3, -0.25) is 0 Å². The molecule has 0 amide bonds. The van der Waals surface area contributed by atoms with Gasteiger partial charge < -0.3 is 5.11 Å². The fraction of sp³-hybridized carbons (Fsp3) is 0.556. The predicted molar refractivity (Wildman–Crippen MR) is 49.0 cm³/mol. The first kappa shape index (κ1) is 8.75. The van der Waals surface area contributed by atoms with Crippen LogP contribution in [0, 0.1) is 13.8 Å². The zero-order valence-electron chi connectivity index (χ0n) is 7.22. The summed E-state index contributed by atoms with van der Waals surface area (Å²) in [4.78, 5) is 1.13. The van der Waals surface area contributed by atoms with Crippen molar-refractivity contribution in [3.05, 3.63) is 21.4 Å². The van der Waals surface area contributed by atoms with E-state index in [1.54, 1.807) is 11.3 Å². The Balaban J connectivity index is 2.94. The molecule has 0 bridgehead atoms. The average Bonchev–Trinajstić information content (AvgIpc) is 2.32. The maximum atomic E-state index is 9.53. The van der Waals surface area contributed by atoms with Gasteiger partial charge in [-0.25, -0.2) is 0 Å². The van der Waals surface area contributed by atoms with Crippen molar-refractivity contribution in [2.75, 3.05) is 0 Å². The molecule has 0 saturated carbocycles. The molecule has 1 rings (SSSR count). The molecule has 2 heteroatoms. The van der Waals surface area contributed by atoms with Crippen molar-refractivity contribution < 1.29 is 5.11 Å². The van der Waals surface area contributed by atoms with Crippen molar-refractivity contribution in [1.29, 1.82) is 0 Å². The quantitative estimate of drug-likeness (QED) is 0.723. The monoisotopic (exact) mass is 170 g/mol. The molecule has 0 aliphatic carbocycles. The van der Waals surface area contributed by atoms with E-state index in [9.17, 15) is 5.11 Å². The maximum Gasteiger partial charge on any atom is 0.0882 e. The Morgan fingerprint density at radius 1 is 1.55 bits per heavy atom. The SMILES string of the molecule is CCC(O)c1scc(C)c1C. The number of aliphatic hydroxyl groups is 1. The summed E-state index contributed by atoms with van der Waals surface area (Å²) in [6, 6.07) is 0. The van der Waals surface area contributed by atoms with Gasteiger partial charge in [0.05, 0.1) is 6.10 Å². The highest BCUT2D eigenvalue weighted by Crippen LogP contribution is 2.28. The number of aryl methyl sites for hydroxylation is 1. The molecule has 1 aromatic heterocycles. The largest absolute Gasteiger partial charge is 0.388 e. The minimum Gasteiger partial charge on any atom is -0.388 e. The van der Waals surface area contributed by atoms with Crippen LogP contribution in [0.1, 0.15) is 35.5 Å². The van der Waals surface area contributed by atoms with Crippen LogP contribution in [0.25, 0.3) is 0 Å². The highest BCUT2D eigenvalue weighted by molar-refractivity contribution is 7.10. The number of hydrogen-bond donors (Lipinski definition) is 1. The van der Waals surface area contributed by atoms with E-state index in [0.29, 0.717) is 0 Å². The topological polar surface area (TPSA) is 20.2 Å². The van der Waals surface area contributed by atoms with Crippen LogP contribution in [0.5, 0.6) is 0 Å². The van der Waals surface area contributed by atoms with Crippen LogP contribution in [0.15, 0.2) is 5.38 Å². The van der Waals surface area contributed by atoms with Gasteiger partial charge in [0, 0.05) is 4.88 Å². The summed E-state index contributed by atoms with van der Waals surface area (Å²) in [5.41, 5.74) is 2.54. The van der Waals surface area contributed by atoms with E-state index >= 15 is 0 Å². The molecule has 0 aliphatic heterocycles. The Labute approximate surface area is 71.7 Å². The van der Waals surface area contributed by atoms with Gasteiger partial charge in [-0.1, -0.05) is 6.92 Å². The highest BCUT2D eigenvalue weighted by atomic mass is 32.1. The lowest BCUT2D eigenvalue weighted by molar-refractivity contribution is 0.177. The molecule has 1 unspecified atom stereocenters. The average molecular weight is 170 g/mol. The number of aliphatic hydroxyl groups excluding tert-OH is 1. The van der Waals surface area contributed by atoms with Crippen LogP contribution < -0.4 is 0 Å². The molecule has 0 saturated heterocycles. The fourth-order valence-electron chi connectivity index (χ4n) is 1.04. The Kier molecular flexibility index (Phi) is 2.68. The van der Waals surface area contributed by atoms with Crippen LogP contribution in [0.2, 0.25) is 0 Å². The third-order valence-corrected chi connectivity index (χ3v) is 3.32. The summed E-state index contributed by atoms with van der Waals surface area (Å²) in [5.74, 6) is 0. The maximum absolute atomic E-state index is 9.53. The Hall–Kier alpha value is -0.340. The van der Waals surface area contributed by atoms with E-state index in [1.807, 2.05) is 6.92 Å². The molecule has 1 aromatic rings. The molecule has 11 heavy (non-hydrogen) atoms. The molecule has 1 nitrogen and oxygen atoms in total. The van der Waals surface area contributed by atoms with Crippen molar-refractivity contribution in [3.63, 3.8) is 0 Å². The zero-order chi connectivity index (χ0) is 8.43. The smallest absolute Gasteiger partial charge is 0.0882 e. The molecule has 62 valence electrons. The molecule has 0 aliphatic rings. The van der Waals surface area contributed by atoms with E-state index < -0.39 is 0 Å². The van der Waals surface area contributed by atoms with Crippen molar-refractivity contribution in [1.82, 2.24) is 0 Å². The number of rotatable bonds is 2. The summed E-state index contributed by atoms with van der Waals surface area (Å²) in [7, 11) is 0. The van der Waals surface area contributed by atoms with Crippen LogP contribution >= 0.6 is 11.3 Å². The summed E-state index contributed by atoms with van der Waals surface area (Å²) in [6.45, 7) is 6.15. The molecule has 1 atom stereocenters. The first-order valence-corrected chi connectivity index (χ1v) is 4.77. The van der Waals surface area contributed by atoms with Gasteiger partial charge in [0.15, 0.2) is 0 Å². The van der Waals surface area contributed by atoms with Crippen molar-refractivity contribution in [2.24, 2.45) is 0 Å². The predicted octanol–water partition coefficient (Wildman–Crippen LogP) is 2.81. The minimum absolute atomic E-state index is 0.256. The highest BCUT2D eigenvalue weighted by Gasteiger charge is 2.10. The van der Waals surface area contributed by atoms with E-state index in [4.69, 9.17) is 0 Å². The van der Waals surface area contributed by atoms with Crippen LogP contribution in [-0.4, -0.2) is 5.11 Å². The molecular formula is C9H14OS. The lowest BCUT2D eigenvalue weighted by Crippen LogP contribution is -1.93. The summed E-state index contributed by atoms with van der Waals surface area (Å²) in [6.07, 6.45) is 0.551. The standard InChI is InChI=1S/C9H14OS/c1-4-8(10)9-7(3)6(2)5-11-9/h5,8,10H,4H2,1-3H3. The second-order valence-electron chi connectivity index (χ2n) is 2.83. The lowest BCUT2D eigenvalue weighted by atomic mass is 10.1. The van der Waals surface area contributed by atoms with Crippen molar-refractivity contribution in [3.8, 4) is 0 Å². The van der Waals surface area contributed by atoms with Gasteiger partial charge in [-0.05, 0) is 36.8 Å². The van der Waals surface area contributed by atoms with Gasteiger partial charge in [0.25, 0.3) is 0 Å². The molecule has 0 fully saturated rings. The van der Waals surface area contributed by atoms with Crippen LogP contribution in [-0.2, 0) is 0 Å². The third kappa shape index (κ3) is 1.63. The second kappa shape index (κ2) is 3.37. The second-order valence-corrected chi connectivity index (χ2v) is 3.74. The summed E-state index contributed by atoms with van der Waals surface area (Å²) >= 11 is 1.66. The summed E-state index contributed by atoms with van der Waals surface area (Å²) < 4.78 is 0. The molecule has 0 radical (unpaired) electrons. The molecule has 0 aromatic carbocycles. The molecular weight excluding hydrogens is 156 g/mol. The van der Waals surface area contributed by atoms with Gasteiger partial charge in [0.2, 0.25) is 0 Å². The third-order valence-electron chi connectivity index (χ3n) is 2.01. The first-order valence-electron chi connectivity index (χ1n) is 3.89. The minimum atomic E-state index is -0.256. The van der Waals surface area contributed by atoms with Crippen LogP contribution in [0.3, 0.4) is 0 Å². The van der Waals surface area contributed by atoms with E-state index in [2.05, 4.69) is 19.2 Å². The normalized spacial score (nSPS) is 13.5. The van der Waals surface area contributed by atoms with Crippen molar-refractivity contribution >= 4 is 11.3 Å². The van der Waals surface area contributed by atoms with Gasteiger partial charge in [0.1, 0.15) is 0 Å². The van der Waals surface area contributed by atoms with Gasteiger partial charge >= 0.3 is 0 Å². The van der Waals surface area contributed by atoms with Crippen LogP contribution in [0.4, 0.5) is 0 Å². The molecule has 1 heterocycles. The Morgan fingerprint density at radius 3 is 2.55 bits per heavy atom. The van der Waals surface area contributed by atoms with E-state index in [0.717, 1.165) is 11.3 Å². The van der Waals surface area contributed by atoms with E-state index in [1.165, 1.54) is 11.1 Å². The van der Waals surface area contributed by atoms with Gasteiger partial charge in [-0.2, -0.15) is 0 Å². The molecule has 0 spiro atoms. The number of hydrogen-bond acceptors (Lipinski definition) is 2. The lowest BCUT2D eigenvalue weighted by Gasteiger charge is -2.05. The van der Waals surface area contributed by atoms with Crippen molar-refractivity contribution in [2.45, 2.75) is 33.3 Å².